The Morgan fingerprint density at radius 3 is 2.74 bits per heavy atom. The molecule has 0 radical (unpaired) electrons. The van der Waals surface area contributed by atoms with Gasteiger partial charge in [0.05, 0.1) is 0 Å². The molecule has 4 heteroatoms. The average Bonchev–Trinajstić information content (AvgIpc) is 2.69. The molecule has 1 aliphatic heterocycles. The summed E-state index contributed by atoms with van der Waals surface area (Å²) in [5.41, 5.74) is 3.19. The largest absolute Gasteiger partial charge is 0.378 e. The van der Waals surface area contributed by atoms with Gasteiger partial charge in [-0.1, -0.05) is 36.4 Å². The summed E-state index contributed by atoms with van der Waals surface area (Å²) in [5.74, 6) is 0.0369. The monoisotopic (exact) mass is 365 g/mol. The SMILES string of the molecule is CN(C)c1cccc(C(=O)N[C@H]2CCCN(CCCc3ccccc3)C2)c1. The van der Waals surface area contributed by atoms with Crippen LogP contribution >= 0.6 is 0 Å². The van der Waals surface area contributed by atoms with E-state index in [1.54, 1.807) is 0 Å². The maximum absolute atomic E-state index is 12.6. The number of amides is 1. The first-order valence-corrected chi connectivity index (χ1v) is 9.96. The summed E-state index contributed by atoms with van der Waals surface area (Å²) in [7, 11) is 3.98. The summed E-state index contributed by atoms with van der Waals surface area (Å²) >= 11 is 0. The number of anilines is 1. The zero-order valence-corrected chi connectivity index (χ0v) is 16.5. The molecule has 0 spiro atoms. The Morgan fingerprint density at radius 1 is 1.15 bits per heavy atom. The van der Waals surface area contributed by atoms with Gasteiger partial charge in [0.1, 0.15) is 0 Å². The fourth-order valence-corrected chi connectivity index (χ4v) is 3.72. The lowest BCUT2D eigenvalue weighted by molar-refractivity contribution is 0.0903. The molecule has 2 aromatic carbocycles. The second-order valence-electron chi connectivity index (χ2n) is 7.65. The predicted octanol–water partition coefficient (Wildman–Crippen LogP) is 3.58. The average molecular weight is 366 g/mol. The highest BCUT2D eigenvalue weighted by atomic mass is 16.1. The Hall–Kier alpha value is -2.33. The number of hydrogen-bond acceptors (Lipinski definition) is 3. The highest BCUT2D eigenvalue weighted by molar-refractivity contribution is 5.95. The summed E-state index contributed by atoms with van der Waals surface area (Å²) in [6, 6.07) is 18.7. The summed E-state index contributed by atoms with van der Waals surface area (Å²) in [5, 5.41) is 3.24. The van der Waals surface area contributed by atoms with Crippen molar-refractivity contribution < 1.29 is 4.79 Å². The molecule has 1 fully saturated rings. The number of nitrogens with one attached hydrogen (secondary N) is 1. The molecule has 1 heterocycles. The molecule has 1 N–H and O–H groups in total. The summed E-state index contributed by atoms with van der Waals surface area (Å²) in [6.45, 7) is 3.18. The van der Waals surface area contributed by atoms with Crippen LogP contribution in [0.2, 0.25) is 0 Å². The molecule has 3 rings (SSSR count). The molecule has 144 valence electrons. The first-order valence-electron chi connectivity index (χ1n) is 9.96. The quantitative estimate of drug-likeness (QED) is 0.815. The van der Waals surface area contributed by atoms with Crippen LogP contribution in [0.15, 0.2) is 54.6 Å². The smallest absolute Gasteiger partial charge is 0.251 e. The molecule has 4 nitrogen and oxygen atoms in total. The van der Waals surface area contributed by atoms with E-state index < -0.39 is 0 Å². The fraction of sp³-hybridized carbons (Fsp3) is 0.435. The minimum Gasteiger partial charge on any atom is -0.378 e. The van der Waals surface area contributed by atoms with E-state index in [-0.39, 0.29) is 11.9 Å². The Labute approximate surface area is 163 Å². The molecule has 0 aliphatic carbocycles. The lowest BCUT2D eigenvalue weighted by Gasteiger charge is -2.33. The van der Waals surface area contributed by atoms with Crippen LogP contribution in [0.4, 0.5) is 5.69 Å². The van der Waals surface area contributed by atoms with Gasteiger partial charge < -0.3 is 15.1 Å². The number of likely N-dealkylation sites (tertiary alicyclic amines) is 1. The van der Waals surface area contributed by atoms with Crippen molar-refractivity contribution in [1.82, 2.24) is 10.2 Å². The molecule has 1 aliphatic rings. The molecular weight excluding hydrogens is 334 g/mol. The molecule has 1 saturated heterocycles. The van der Waals surface area contributed by atoms with Crippen LogP contribution in [-0.2, 0) is 6.42 Å². The minimum absolute atomic E-state index is 0.0369. The van der Waals surface area contributed by atoms with Crippen LogP contribution < -0.4 is 10.2 Å². The van der Waals surface area contributed by atoms with Crippen molar-refractivity contribution in [2.24, 2.45) is 0 Å². The van der Waals surface area contributed by atoms with Crippen molar-refractivity contribution in [3.63, 3.8) is 0 Å². The van der Waals surface area contributed by atoms with Crippen molar-refractivity contribution in [2.45, 2.75) is 31.7 Å². The van der Waals surface area contributed by atoms with Crippen LogP contribution in [0.1, 0.15) is 35.2 Å². The third-order valence-corrected chi connectivity index (χ3v) is 5.25. The molecular formula is C23H31N3O. The van der Waals surface area contributed by atoms with Crippen LogP contribution in [0.5, 0.6) is 0 Å². The highest BCUT2D eigenvalue weighted by Crippen LogP contribution is 2.15. The van der Waals surface area contributed by atoms with Gasteiger partial charge in [0.2, 0.25) is 0 Å². The summed E-state index contributed by atoms with van der Waals surface area (Å²) in [6.07, 6.45) is 4.49. The van der Waals surface area contributed by atoms with Crippen LogP contribution in [0.25, 0.3) is 0 Å². The van der Waals surface area contributed by atoms with E-state index in [0.29, 0.717) is 0 Å². The van der Waals surface area contributed by atoms with E-state index in [4.69, 9.17) is 0 Å². The van der Waals surface area contributed by atoms with Gasteiger partial charge in [-0.25, -0.2) is 0 Å². The first kappa shape index (κ1) is 19.4. The lowest BCUT2D eigenvalue weighted by atomic mass is 10.0. The van der Waals surface area contributed by atoms with Crippen molar-refractivity contribution in [3.05, 3.63) is 65.7 Å². The van der Waals surface area contributed by atoms with Gasteiger partial charge >= 0.3 is 0 Å². The number of rotatable bonds is 7. The van der Waals surface area contributed by atoms with E-state index in [1.165, 1.54) is 5.56 Å². The van der Waals surface area contributed by atoms with Crippen LogP contribution in [0.3, 0.4) is 0 Å². The number of hydrogen-bond donors (Lipinski definition) is 1. The predicted molar refractivity (Wildman–Crippen MR) is 112 cm³/mol. The maximum Gasteiger partial charge on any atom is 0.251 e. The van der Waals surface area contributed by atoms with E-state index in [1.807, 2.05) is 43.3 Å². The Bertz CT molecular complexity index is 729. The van der Waals surface area contributed by atoms with Gasteiger partial charge in [-0.2, -0.15) is 0 Å². The molecule has 1 atom stereocenters. The Morgan fingerprint density at radius 2 is 1.96 bits per heavy atom. The van der Waals surface area contributed by atoms with E-state index in [9.17, 15) is 4.79 Å². The van der Waals surface area contributed by atoms with E-state index in [2.05, 4.69) is 40.5 Å². The lowest BCUT2D eigenvalue weighted by Crippen LogP contribution is -2.48. The van der Waals surface area contributed by atoms with Gasteiger partial charge in [-0.15, -0.1) is 0 Å². The number of benzene rings is 2. The minimum atomic E-state index is 0.0369. The third-order valence-electron chi connectivity index (χ3n) is 5.25. The molecule has 0 aromatic heterocycles. The van der Waals surface area contributed by atoms with Crippen molar-refractivity contribution in [3.8, 4) is 0 Å². The number of aryl methyl sites for hydroxylation is 1. The number of piperidine rings is 1. The van der Waals surface area contributed by atoms with E-state index in [0.717, 1.165) is 56.6 Å². The Kier molecular flexibility index (Phi) is 6.88. The van der Waals surface area contributed by atoms with Crippen LogP contribution in [-0.4, -0.2) is 50.6 Å². The molecule has 1 amide bonds. The second kappa shape index (κ2) is 9.56. The maximum atomic E-state index is 12.6. The van der Waals surface area contributed by atoms with Gasteiger partial charge in [0.25, 0.3) is 5.91 Å². The first-order chi connectivity index (χ1) is 13.1. The van der Waals surface area contributed by atoms with Crippen LogP contribution in [0, 0.1) is 0 Å². The molecule has 0 bridgehead atoms. The van der Waals surface area contributed by atoms with Crippen molar-refractivity contribution in [1.29, 1.82) is 0 Å². The van der Waals surface area contributed by atoms with Gasteiger partial charge in [0.15, 0.2) is 0 Å². The molecule has 2 aromatic rings. The number of nitrogens with zero attached hydrogens (tertiary/aromatic N) is 2. The third kappa shape index (κ3) is 5.83. The van der Waals surface area contributed by atoms with Gasteiger partial charge in [-0.05, 0) is 62.5 Å². The van der Waals surface area contributed by atoms with Crippen molar-refractivity contribution >= 4 is 11.6 Å². The zero-order chi connectivity index (χ0) is 19.1. The Balaban J connectivity index is 1.47. The van der Waals surface area contributed by atoms with Gasteiger partial charge in [-0.3, -0.25) is 4.79 Å². The molecule has 0 saturated carbocycles. The number of carbonyl (C=O) groups excluding carboxylic acids is 1. The van der Waals surface area contributed by atoms with Gasteiger partial charge in [0, 0.05) is 37.9 Å². The standard InChI is InChI=1S/C23H31N3O/c1-25(2)22-14-6-12-20(17-22)23(27)24-21-13-8-16-26(18-21)15-7-11-19-9-4-3-5-10-19/h3-6,9-10,12,14,17,21H,7-8,11,13,15-16,18H2,1-2H3,(H,24,27)/t21-/m0/s1. The summed E-state index contributed by atoms with van der Waals surface area (Å²) < 4.78 is 0. The zero-order valence-electron chi connectivity index (χ0n) is 16.5. The normalized spacial score (nSPS) is 17.5. The number of carbonyl (C=O) groups is 1. The summed E-state index contributed by atoms with van der Waals surface area (Å²) in [4.78, 5) is 17.2. The molecule has 0 unspecified atom stereocenters. The fourth-order valence-electron chi connectivity index (χ4n) is 3.72. The topological polar surface area (TPSA) is 35.6 Å². The molecule has 27 heavy (non-hydrogen) atoms. The second-order valence-corrected chi connectivity index (χ2v) is 7.65. The highest BCUT2D eigenvalue weighted by Gasteiger charge is 2.21. The van der Waals surface area contributed by atoms with E-state index >= 15 is 0 Å². The van der Waals surface area contributed by atoms with Crippen molar-refractivity contribution in [2.75, 3.05) is 38.6 Å².